The number of aliphatic hydroxyl groups excluding tert-OH is 1. The van der Waals surface area contributed by atoms with E-state index in [1.54, 1.807) is 6.07 Å². The Hall–Kier alpha value is -4.03. The lowest BCUT2D eigenvalue weighted by Gasteiger charge is -2.31. The molecular weight excluding hydrogens is 496 g/mol. The Labute approximate surface area is 217 Å². The van der Waals surface area contributed by atoms with Crippen LogP contribution in [-0.2, 0) is 0 Å². The third-order valence-electron chi connectivity index (χ3n) is 7.36. The number of carbonyl (C=O) groups is 1. The van der Waals surface area contributed by atoms with Gasteiger partial charge in [0, 0.05) is 32.7 Å². The number of aliphatic hydroxyl groups is 1. The van der Waals surface area contributed by atoms with Crippen molar-refractivity contribution in [3.63, 3.8) is 0 Å². The second-order valence-electron chi connectivity index (χ2n) is 9.66. The molecule has 2 aliphatic rings. The van der Waals surface area contributed by atoms with Crippen molar-refractivity contribution in [2.45, 2.75) is 31.6 Å². The van der Waals surface area contributed by atoms with Gasteiger partial charge in [0.15, 0.2) is 11.6 Å². The van der Waals surface area contributed by atoms with Crippen LogP contribution >= 0.6 is 0 Å². The summed E-state index contributed by atoms with van der Waals surface area (Å²) < 4.78 is 29.3. The molecule has 0 bridgehead atoms. The number of nitrogens with zero attached hydrogens (tertiary/aromatic N) is 5. The van der Waals surface area contributed by atoms with E-state index in [9.17, 15) is 23.5 Å². The van der Waals surface area contributed by atoms with Crippen molar-refractivity contribution in [2.75, 3.05) is 47.3 Å². The molecule has 1 aromatic heterocycles. The van der Waals surface area contributed by atoms with Crippen molar-refractivity contribution in [2.24, 2.45) is 5.73 Å². The monoisotopic (exact) mass is 525 g/mol. The number of amides is 1. The predicted molar refractivity (Wildman–Crippen MR) is 141 cm³/mol. The average Bonchev–Trinajstić information content (AvgIpc) is 3.37. The maximum Gasteiger partial charge on any atom is 0.276 e. The number of fused-ring (bicyclic) bond motifs is 1. The van der Waals surface area contributed by atoms with Crippen LogP contribution in [-0.4, -0.2) is 66.3 Å². The number of rotatable bonds is 5. The molecule has 1 fully saturated rings. The molecule has 2 aromatic carbocycles. The van der Waals surface area contributed by atoms with E-state index in [-0.39, 0.29) is 30.6 Å². The molecule has 3 aromatic rings. The first-order valence-corrected chi connectivity index (χ1v) is 12.2. The van der Waals surface area contributed by atoms with Crippen LogP contribution in [0.15, 0.2) is 47.3 Å². The lowest BCUT2D eigenvalue weighted by Crippen LogP contribution is -2.37. The van der Waals surface area contributed by atoms with Gasteiger partial charge in [-0.05, 0) is 43.7 Å². The van der Waals surface area contributed by atoms with Crippen molar-refractivity contribution < 1.29 is 18.7 Å². The number of aromatic nitrogens is 2. The number of halogens is 2. The zero-order chi connectivity index (χ0) is 27.3. The summed E-state index contributed by atoms with van der Waals surface area (Å²) in [5, 5.41) is 16.9. The Balaban J connectivity index is 1.58. The normalized spacial score (nSPS) is 20.7. The summed E-state index contributed by atoms with van der Waals surface area (Å²) in [6, 6.07) is 8.66. The zero-order valence-electron chi connectivity index (χ0n) is 21.2. The summed E-state index contributed by atoms with van der Waals surface area (Å²) in [6.07, 6.45) is 0.628. The Kier molecular flexibility index (Phi) is 6.53. The van der Waals surface area contributed by atoms with E-state index in [0.717, 1.165) is 29.6 Å². The minimum atomic E-state index is -0.986. The quantitative estimate of drug-likeness (QED) is 0.462. The standard InChI is InChI=1S/C26H29F2N7O3/c1-14-32(2)21-9-7-19(24(25(21)33(14)3)34-12-15(29)11-16(34)13-36)30-26(38)20-8-10-22(37)35(31-20)23-17(27)5-4-6-18(23)28/h4-10,14-16,36H,11-13,29H2,1-3H3,(H,30,38). The van der Waals surface area contributed by atoms with Gasteiger partial charge >= 0.3 is 0 Å². The van der Waals surface area contributed by atoms with Gasteiger partial charge in [-0.1, -0.05) is 6.07 Å². The first kappa shape index (κ1) is 25.6. The Morgan fingerprint density at radius 1 is 1.08 bits per heavy atom. The second-order valence-corrected chi connectivity index (χ2v) is 9.66. The molecule has 0 saturated carbocycles. The molecule has 3 unspecified atom stereocenters. The van der Waals surface area contributed by atoms with Crippen LogP contribution in [0.4, 0.5) is 31.5 Å². The molecule has 1 amide bonds. The highest BCUT2D eigenvalue weighted by Crippen LogP contribution is 2.50. The summed E-state index contributed by atoms with van der Waals surface area (Å²) in [4.78, 5) is 32.0. The lowest BCUT2D eigenvalue weighted by atomic mass is 10.1. The highest BCUT2D eigenvalue weighted by atomic mass is 19.1. The summed E-state index contributed by atoms with van der Waals surface area (Å²) in [5.74, 6) is -2.65. The van der Waals surface area contributed by atoms with E-state index < -0.39 is 28.8 Å². The third kappa shape index (κ3) is 4.15. The Morgan fingerprint density at radius 3 is 2.47 bits per heavy atom. The first-order chi connectivity index (χ1) is 18.1. The number of hydrogen-bond acceptors (Lipinski definition) is 8. The highest BCUT2D eigenvalue weighted by Gasteiger charge is 2.38. The predicted octanol–water partition coefficient (Wildman–Crippen LogP) is 1.89. The summed E-state index contributed by atoms with van der Waals surface area (Å²) in [5.41, 5.74) is 7.55. The SMILES string of the molecule is CC1N(C)c2ccc(NC(=O)c3ccc(=O)n(-c4c(F)cccc4F)n3)c(N3CC(N)CC3CO)c2N1C. The second kappa shape index (κ2) is 9.69. The maximum absolute atomic E-state index is 14.4. The van der Waals surface area contributed by atoms with Crippen LogP contribution in [0.25, 0.3) is 5.69 Å². The number of carbonyl (C=O) groups excluding carboxylic acids is 1. The van der Waals surface area contributed by atoms with E-state index in [2.05, 4.69) is 27.1 Å². The molecule has 200 valence electrons. The molecule has 0 radical (unpaired) electrons. The van der Waals surface area contributed by atoms with E-state index in [1.807, 2.05) is 25.1 Å². The highest BCUT2D eigenvalue weighted by molar-refractivity contribution is 6.07. The summed E-state index contributed by atoms with van der Waals surface area (Å²) in [7, 11) is 3.93. The fraction of sp³-hybridized carbons (Fsp3) is 0.346. The molecule has 0 aliphatic carbocycles. The maximum atomic E-state index is 14.4. The molecule has 10 nitrogen and oxygen atoms in total. The van der Waals surface area contributed by atoms with Crippen LogP contribution in [0, 0.1) is 11.6 Å². The zero-order valence-corrected chi connectivity index (χ0v) is 21.2. The van der Waals surface area contributed by atoms with E-state index in [4.69, 9.17) is 5.73 Å². The van der Waals surface area contributed by atoms with Gasteiger partial charge in [0.05, 0.1) is 41.6 Å². The molecule has 0 spiro atoms. The molecule has 4 N–H and O–H groups in total. The topological polar surface area (TPSA) is 120 Å². The van der Waals surface area contributed by atoms with Crippen molar-refractivity contribution in [1.82, 2.24) is 9.78 Å². The lowest BCUT2D eigenvalue weighted by molar-refractivity contribution is 0.102. The van der Waals surface area contributed by atoms with Crippen molar-refractivity contribution in [3.05, 3.63) is 70.1 Å². The third-order valence-corrected chi connectivity index (χ3v) is 7.36. The molecular formula is C26H29F2N7O3. The van der Waals surface area contributed by atoms with Gasteiger partial charge in [-0.25, -0.2) is 8.78 Å². The van der Waals surface area contributed by atoms with Gasteiger partial charge in [0.1, 0.15) is 11.4 Å². The molecule has 3 heterocycles. The number of nitrogens with two attached hydrogens (primary N) is 1. The Morgan fingerprint density at radius 2 is 1.79 bits per heavy atom. The fourth-order valence-corrected chi connectivity index (χ4v) is 5.21. The molecule has 2 aliphatic heterocycles. The van der Waals surface area contributed by atoms with Crippen molar-refractivity contribution in [3.8, 4) is 5.69 Å². The number of benzene rings is 2. The van der Waals surface area contributed by atoms with Gasteiger partial charge < -0.3 is 30.9 Å². The summed E-state index contributed by atoms with van der Waals surface area (Å²) >= 11 is 0. The molecule has 12 heteroatoms. The molecule has 5 rings (SSSR count). The van der Waals surface area contributed by atoms with E-state index in [1.165, 1.54) is 12.1 Å². The smallest absolute Gasteiger partial charge is 0.276 e. The van der Waals surface area contributed by atoms with Crippen molar-refractivity contribution in [1.29, 1.82) is 0 Å². The largest absolute Gasteiger partial charge is 0.394 e. The van der Waals surface area contributed by atoms with Crippen LogP contribution in [0.3, 0.4) is 0 Å². The summed E-state index contributed by atoms with van der Waals surface area (Å²) in [6.45, 7) is 2.42. The number of para-hydroxylation sites is 1. The van der Waals surface area contributed by atoms with Crippen LogP contribution < -0.4 is 31.3 Å². The van der Waals surface area contributed by atoms with Crippen LogP contribution in [0.2, 0.25) is 0 Å². The van der Waals surface area contributed by atoms with Gasteiger partial charge in [0.25, 0.3) is 11.5 Å². The first-order valence-electron chi connectivity index (χ1n) is 12.2. The van der Waals surface area contributed by atoms with Gasteiger partial charge in [-0.2, -0.15) is 9.78 Å². The molecule has 38 heavy (non-hydrogen) atoms. The van der Waals surface area contributed by atoms with Crippen LogP contribution in [0.5, 0.6) is 0 Å². The number of anilines is 4. The molecule has 1 saturated heterocycles. The van der Waals surface area contributed by atoms with E-state index in [0.29, 0.717) is 29.0 Å². The van der Waals surface area contributed by atoms with Crippen molar-refractivity contribution >= 4 is 28.7 Å². The van der Waals surface area contributed by atoms with E-state index >= 15 is 0 Å². The minimum absolute atomic E-state index is 0.0412. The van der Waals surface area contributed by atoms with Gasteiger partial charge in [-0.3, -0.25) is 9.59 Å². The average molecular weight is 526 g/mol. The number of hydrogen-bond donors (Lipinski definition) is 3. The minimum Gasteiger partial charge on any atom is -0.394 e. The fourth-order valence-electron chi connectivity index (χ4n) is 5.21. The Bertz CT molecular complexity index is 1440. The number of nitrogens with one attached hydrogen (secondary N) is 1. The van der Waals surface area contributed by atoms with Gasteiger partial charge in [0.2, 0.25) is 0 Å². The molecule has 3 atom stereocenters. The van der Waals surface area contributed by atoms with Crippen LogP contribution in [0.1, 0.15) is 23.8 Å². The van der Waals surface area contributed by atoms with Gasteiger partial charge in [-0.15, -0.1) is 0 Å².